The van der Waals surface area contributed by atoms with Crippen LogP contribution in [0.15, 0.2) is 82.6 Å². The number of carbonyl (C=O) groups excluding carboxylic acids is 2. The van der Waals surface area contributed by atoms with Crippen molar-refractivity contribution in [3.63, 3.8) is 0 Å². The van der Waals surface area contributed by atoms with Gasteiger partial charge in [0.2, 0.25) is 5.69 Å². The maximum atomic E-state index is 12.3. The Labute approximate surface area is 311 Å². The number of hydrogen-bond acceptors (Lipinski definition) is 4. The highest BCUT2D eigenvalue weighted by Gasteiger charge is 2.45. The molecule has 0 saturated heterocycles. The Balaban J connectivity index is 1.49. The van der Waals surface area contributed by atoms with Gasteiger partial charge in [0.25, 0.3) is 6.47 Å². The zero-order valence-electron chi connectivity index (χ0n) is 32.0. The van der Waals surface area contributed by atoms with Crippen LogP contribution >= 0.6 is 11.6 Å². The van der Waals surface area contributed by atoms with Gasteiger partial charge in [-0.3, -0.25) is 9.59 Å². The number of carbonyl (C=O) groups is 2. The van der Waals surface area contributed by atoms with E-state index in [1.165, 1.54) is 83.6 Å². The van der Waals surface area contributed by atoms with Crippen LogP contribution in [0.4, 0.5) is 11.4 Å². The molecule has 2 aliphatic heterocycles. The zero-order chi connectivity index (χ0) is 36.8. The summed E-state index contributed by atoms with van der Waals surface area (Å²) in [6.45, 7) is 17.6. The summed E-state index contributed by atoms with van der Waals surface area (Å²) in [7, 11) is 0. The zero-order valence-corrected chi connectivity index (χ0v) is 32.8. The van der Waals surface area contributed by atoms with Crippen molar-refractivity contribution in [3.05, 3.63) is 99.3 Å². The van der Waals surface area contributed by atoms with Gasteiger partial charge in [0, 0.05) is 58.1 Å². The average molecular weight is 710 g/mol. The van der Waals surface area contributed by atoms with Gasteiger partial charge in [-0.2, -0.15) is 4.58 Å². The van der Waals surface area contributed by atoms with E-state index >= 15 is 0 Å². The van der Waals surface area contributed by atoms with Gasteiger partial charge < -0.3 is 9.64 Å². The van der Waals surface area contributed by atoms with Crippen molar-refractivity contribution in [2.24, 2.45) is 0 Å². The fraction of sp³-hybridized carbons (Fsp3) is 0.489. The van der Waals surface area contributed by atoms with Crippen LogP contribution in [-0.4, -0.2) is 35.6 Å². The lowest BCUT2D eigenvalue weighted by molar-refractivity contribution is -0.438. The van der Waals surface area contributed by atoms with E-state index in [0.717, 1.165) is 55.8 Å². The van der Waals surface area contributed by atoms with Crippen LogP contribution in [0.3, 0.4) is 0 Å². The molecule has 2 heterocycles. The number of ketones is 1. The molecule has 0 aromatic heterocycles. The Kier molecular flexibility index (Phi) is 12.7. The highest BCUT2D eigenvalue weighted by atomic mass is 35.5. The van der Waals surface area contributed by atoms with Crippen molar-refractivity contribution in [1.82, 2.24) is 0 Å². The molecule has 5 rings (SSSR count). The number of unbranched alkanes of at least 4 members (excludes halogenated alkanes) is 6. The number of halogens is 1. The van der Waals surface area contributed by atoms with Crippen LogP contribution in [0.5, 0.6) is 5.75 Å². The summed E-state index contributed by atoms with van der Waals surface area (Å²) >= 11 is 7.27. The third-order valence-electron chi connectivity index (χ3n) is 11.2. The van der Waals surface area contributed by atoms with Crippen LogP contribution in [0.2, 0.25) is 0 Å². The Morgan fingerprint density at radius 1 is 0.882 bits per heavy atom. The molecule has 3 aliphatic rings. The van der Waals surface area contributed by atoms with Gasteiger partial charge >= 0.3 is 0 Å². The fourth-order valence-electron chi connectivity index (χ4n) is 8.12. The minimum absolute atomic E-state index is 0.0988. The molecule has 6 heteroatoms. The first-order valence-corrected chi connectivity index (χ1v) is 19.6. The molecule has 1 aliphatic carbocycles. The second-order valence-corrected chi connectivity index (χ2v) is 15.9. The minimum Gasteiger partial charge on any atom is -0.429 e. The van der Waals surface area contributed by atoms with Crippen molar-refractivity contribution >= 4 is 40.9 Å². The summed E-state index contributed by atoms with van der Waals surface area (Å²) in [5.41, 5.74) is 9.86. The van der Waals surface area contributed by atoms with Crippen molar-refractivity contribution in [3.8, 4) is 5.75 Å². The fourth-order valence-corrected chi connectivity index (χ4v) is 8.44. The van der Waals surface area contributed by atoms with Gasteiger partial charge in [-0.05, 0) is 106 Å². The lowest BCUT2D eigenvalue weighted by Gasteiger charge is -2.27. The van der Waals surface area contributed by atoms with E-state index in [1.807, 2.05) is 18.2 Å². The normalized spacial score (nSPS) is 19.4. The first kappa shape index (κ1) is 38.5. The molecular weight excluding hydrogens is 652 g/mol. The number of benzene rings is 2. The van der Waals surface area contributed by atoms with E-state index in [9.17, 15) is 9.59 Å². The molecule has 0 atom stereocenters. The standard InChI is InChI=1S/C45H58ClN2O3/c1-8-10-12-14-27-47-39-23-19-35(32(3)50)29-37(39)44(4,5)41(47)25-20-33-17-16-18-34(43(33)46)21-26-42-45(6,7)38-30-36(51-31-49)22-24-40(38)48(42)28-15-13-11-9-2/h19-26,29-31H,8-18,27-28H2,1-7H3/q+1. The molecule has 272 valence electrons. The topological polar surface area (TPSA) is 49.6 Å². The molecule has 51 heavy (non-hydrogen) atoms. The number of ether oxygens (including phenoxy) is 1. The number of hydrogen-bond donors (Lipinski definition) is 0. The van der Waals surface area contributed by atoms with E-state index < -0.39 is 0 Å². The summed E-state index contributed by atoms with van der Waals surface area (Å²) in [5, 5.41) is 0.848. The third-order valence-corrected chi connectivity index (χ3v) is 11.6. The first-order chi connectivity index (χ1) is 24.4. The van der Waals surface area contributed by atoms with Crippen LogP contribution in [-0.2, 0) is 15.6 Å². The number of fused-ring (bicyclic) bond motifs is 2. The van der Waals surface area contributed by atoms with Crippen molar-refractivity contribution < 1.29 is 18.9 Å². The molecule has 2 aromatic rings. The molecule has 0 fully saturated rings. The average Bonchev–Trinajstić information content (AvgIpc) is 3.45. The van der Waals surface area contributed by atoms with Gasteiger partial charge in [-0.25, -0.2) is 0 Å². The predicted octanol–water partition coefficient (Wildman–Crippen LogP) is 11.8. The number of nitrogens with zero attached hydrogens (tertiary/aromatic N) is 2. The van der Waals surface area contributed by atoms with E-state index in [-0.39, 0.29) is 16.6 Å². The molecule has 2 aromatic carbocycles. The Hall–Kier alpha value is -3.70. The summed E-state index contributed by atoms with van der Waals surface area (Å²) in [4.78, 5) is 25.9. The van der Waals surface area contributed by atoms with Gasteiger partial charge in [-0.15, -0.1) is 0 Å². The van der Waals surface area contributed by atoms with Gasteiger partial charge in [0.05, 0.1) is 5.41 Å². The monoisotopic (exact) mass is 709 g/mol. The smallest absolute Gasteiger partial charge is 0.298 e. The summed E-state index contributed by atoms with van der Waals surface area (Å²) in [6, 6.07) is 12.2. The Bertz CT molecular complexity index is 1790. The number of anilines is 1. The molecule has 0 bridgehead atoms. The number of rotatable bonds is 16. The molecule has 0 unspecified atom stereocenters. The summed E-state index contributed by atoms with van der Waals surface area (Å²) in [6.07, 6.45) is 21.5. The molecule has 0 spiro atoms. The molecular formula is C45H58ClN2O3+. The highest BCUT2D eigenvalue weighted by Crippen LogP contribution is 2.49. The molecule has 0 N–H and O–H groups in total. The van der Waals surface area contributed by atoms with E-state index in [2.05, 4.69) is 93.5 Å². The minimum atomic E-state index is -0.268. The maximum Gasteiger partial charge on any atom is 0.298 e. The second-order valence-electron chi connectivity index (χ2n) is 15.5. The quantitative estimate of drug-likeness (QED) is 0.0753. The highest BCUT2D eigenvalue weighted by molar-refractivity contribution is 6.32. The van der Waals surface area contributed by atoms with E-state index in [1.54, 1.807) is 6.92 Å². The Morgan fingerprint density at radius 3 is 2.33 bits per heavy atom. The van der Waals surface area contributed by atoms with Gasteiger partial charge in [0.1, 0.15) is 12.3 Å². The van der Waals surface area contributed by atoms with E-state index in [4.69, 9.17) is 16.3 Å². The van der Waals surface area contributed by atoms with Crippen molar-refractivity contribution in [2.45, 2.75) is 130 Å². The largest absolute Gasteiger partial charge is 0.429 e. The van der Waals surface area contributed by atoms with Crippen molar-refractivity contribution in [1.29, 1.82) is 0 Å². The summed E-state index contributed by atoms with van der Waals surface area (Å²) in [5.74, 6) is 0.670. The lowest BCUT2D eigenvalue weighted by Crippen LogP contribution is -2.28. The van der Waals surface area contributed by atoms with Crippen molar-refractivity contribution in [2.75, 3.05) is 18.0 Å². The lowest BCUT2D eigenvalue weighted by atomic mass is 9.81. The molecule has 0 amide bonds. The maximum absolute atomic E-state index is 12.3. The predicted molar refractivity (Wildman–Crippen MR) is 213 cm³/mol. The van der Waals surface area contributed by atoms with Crippen LogP contribution < -0.4 is 9.64 Å². The van der Waals surface area contributed by atoms with Gasteiger partial charge in [-0.1, -0.05) is 83.6 Å². The van der Waals surface area contributed by atoms with Crippen LogP contribution in [0, 0.1) is 0 Å². The molecule has 0 radical (unpaired) electrons. The number of Topliss-reactive ketones (excluding diaryl/α,β-unsaturated/α-hetero) is 1. The SMILES string of the molecule is CCCCCCN1/C(=C/C=C2\CCCC(/C=C/C3=[N+](CCCCCC)c4ccc(OC=O)cc4C3(C)C)=C2Cl)C(C)(C)c2cc(C(C)=O)ccc21. The second kappa shape index (κ2) is 16.8. The van der Waals surface area contributed by atoms with Crippen LogP contribution in [0.1, 0.15) is 141 Å². The van der Waals surface area contributed by atoms with E-state index in [0.29, 0.717) is 12.2 Å². The third kappa shape index (κ3) is 8.19. The summed E-state index contributed by atoms with van der Waals surface area (Å²) < 4.78 is 7.71. The molecule has 5 nitrogen and oxygen atoms in total. The first-order valence-electron chi connectivity index (χ1n) is 19.3. The van der Waals surface area contributed by atoms with Crippen LogP contribution in [0.25, 0.3) is 0 Å². The number of allylic oxidation sites excluding steroid dienone is 8. The Morgan fingerprint density at radius 2 is 1.63 bits per heavy atom. The molecule has 0 saturated carbocycles. The van der Waals surface area contributed by atoms with Gasteiger partial charge in [0.15, 0.2) is 11.5 Å².